The summed E-state index contributed by atoms with van der Waals surface area (Å²) in [6, 6.07) is 9.07. The minimum Gasteiger partial charge on any atom is -0.290 e. The van der Waals surface area contributed by atoms with Crippen molar-refractivity contribution in [2.45, 2.75) is 6.92 Å². The summed E-state index contributed by atoms with van der Waals surface area (Å²) in [7, 11) is 1.49. The van der Waals surface area contributed by atoms with Crippen LogP contribution < -0.4 is 16.8 Å². The number of rotatable bonds is 2. The smallest absolute Gasteiger partial charge is 0.279 e. The van der Waals surface area contributed by atoms with Crippen molar-refractivity contribution in [3.8, 4) is 11.3 Å². The van der Waals surface area contributed by atoms with Gasteiger partial charge in [-0.15, -0.1) is 0 Å². The molecule has 0 unspecified atom stereocenters. The number of amides is 1. The van der Waals surface area contributed by atoms with E-state index < -0.39 is 11.5 Å². The number of hydrogen-bond donors (Lipinski definition) is 2. The first kappa shape index (κ1) is 13.0. The first-order chi connectivity index (χ1) is 9.02. The number of hydrazine groups is 1. The van der Waals surface area contributed by atoms with Gasteiger partial charge in [0.05, 0.1) is 5.69 Å². The standard InChI is InChI=1S/C13H14N4O2/c1-8-3-5-9(6-4-8)11-7-10(12(18)15-14)13(19)17(2)16-11/h3-7H,14H2,1-2H3,(H,15,18). The summed E-state index contributed by atoms with van der Waals surface area (Å²) >= 11 is 0. The highest BCUT2D eigenvalue weighted by molar-refractivity contribution is 5.94. The van der Waals surface area contributed by atoms with Crippen molar-refractivity contribution in [2.75, 3.05) is 0 Å². The molecule has 0 fully saturated rings. The van der Waals surface area contributed by atoms with Gasteiger partial charge >= 0.3 is 0 Å². The van der Waals surface area contributed by atoms with Gasteiger partial charge in [-0.1, -0.05) is 29.8 Å². The van der Waals surface area contributed by atoms with Gasteiger partial charge in [0.1, 0.15) is 5.56 Å². The van der Waals surface area contributed by atoms with Crippen molar-refractivity contribution in [3.05, 3.63) is 51.8 Å². The van der Waals surface area contributed by atoms with Crippen molar-refractivity contribution in [1.82, 2.24) is 15.2 Å². The molecule has 1 heterocycles. The Morgan fingerprint density at radius 2 is 1.95 bits per heavy atom. The lowest BCUT2D eigenvalue weighted by Crippen LogP contribution is -2.36. The molecule has 0 saturated carbocycles. The van der Waals surface area contributed by atoms with E-state index in [9.17, 15) is 9.59 Å². The van der Waals surface area contributed by atoms with E-state index in [1.807, 2.05) is 36.6 Å². The highest BCUT2D eigenvalue weighted by Gasteiger charge is 2.13. The second kappa shape index (κ2) is 5.03. The lowest BCUT2D eigenvalue weighted by Gasteiger charge is -2.07. The van der Waals surface area contributed by atoms with Gasteiger partial charge in [0.2, 0.25) is 0 Å². The predicted molar refractivity (Wildman–Crippen MR) is 71.3 cm³/mol. The van der Waals surface area contributed by atoms with Crippen LogP contribution in [0.2, 0.25) is 0 Å². The number of nitrogens with two attached hydrogens (primary N) is 1. The molecule has 98 valence electrons. The summed E-state index contributed by atoms with van der Waals surface area (Å²) in [4.78, 5) is 23.3. The van der Waals surface area contributed by atoms with Crippen LogP contribution in [0.3, 0.4) is 0 Å². The molecule has 3 N–H and O–H groups in total. The van der Waals surface area contributed by atoms with Crippen LogP contribution in [0, 0.1) is 6.92 Å². The molecule has 0 aliphatic carbocycles. The molecular weight excluding hydrogens is 244 g/mol. The lowest BCUT2D eigenvalue weighted by atomic mass is 10.1. The van der Waals surface area contributed by atoms with E-state index in [1.54, 1.807) is 0 Å². The van der Waals surface area contributed by atoms with E-state index in [4.69, 9.17) is 5.84 Å². The molecule has 6 nitrogen and oxygen atoms in total. The quantitative estimate of drug-likeness (QED) is 0.462. The molecule has 0 atom stereocenters. The van der Waals surface area contributed by atoms with Gasteiger partial charge < -0.3 is 0 Å². The van der Waals surface area contributed by atoms with Crippen LogP contribution in [-0.4, -0.2) is 15.7 Å². The average Bonchev–Trinajstić information content (AvgIpc) is 2.41. The molecule has 0 spiro atoms. The van der Waals surface area contributed by atoms with Crippen molar-refractivity contribution in [1.29, 1.82) is 0 Å². The third-order valence-electron chi connectivity index (χ3n) is 2.79. The molecule has 0 bridgehead atoms. The number of aromatic nitrogens is 2. The highest BCUT2D eigenvalue weighted by Crippen LogP contribution is 2.16. The zero-order chi connectivity index (χ0) is 14.0. The monoisotopic (exact) mass is 258 g/mol. The summed E-state index contributed by atoms with van der Waals surface area (Å²) < 4.78 is 1.12. The molecule has 19 heavy (non-hydrogen) atoms. The topological polar surface area (TPSA) is 90.0 Å². The Kier molecular flexibility index (Phi) is 3.43. The van der Waals surface area contributed by atoms with Gasteiger partial charge in [0.15, 0.2) is 0 Å². The van der Waals surface area contributed by atoms with Crippen LogP contribution in [0.15, 0.2) is 35.1 Å². The van der Waals surface area contributed by atoms with Gasteiger partial charge in [-0.05, 0) is 13.0 Å². The SMILES string of the molecule is Cc1ccc(-c2cc(C(=O)NN)c(=O)n(C)n2)cc1. The van der Waals surface area contributed by atoms with Crippen molar-refractivity contribution < 1.29 is 4.79 Å². The molecule has 2 aromatic rings. The van der Waals surface area contributed by atoms with Crippen molar-refractivity contribution in [3.63, 3.8) is 0 Å². The van der Waals surface area contributed by atoms with E-state index in [0.29, 0.717) is 5.69 Å². The van der Waals surface area contributed by atoms with E-state index in [2.05, 4.69) is 5.10 Å². The third-order valence-corrected chi connectivity index (χ3v) is 2.79. The third kappa shape index (κ3) is 2.53. The second-order valence-electron chi connectivity index (χ2n) is 4.21. The molecule has 1 amide bonds. The van der Waals surface area contributed by atoms with Gasteiger partial charge in [0.25, 0.3) is 11.5 Å². The van der Waals surface area contributed by atoms with E-state index in [-0.39, 0.29) is 5.56 Å². The number of nitrogens with one attached hydrogen (secondary N) is 1. The minimum atomic E-state index is -0.628. The molecule has 1 aromatic heterocycles. The van der Waals surface area contributed by atoms with E-state index >= 15 is 0 Å². The van der Waals surface area contributed by atoms with Crippen LogP contribution in [-0.2, 0) is 7.05 Å². The summed E-state index contributed by atoms with van der Waals surface area (Å²) in [6.45, 7) is 1.98. The summed E-state index contributed by atoms with van der Waals surface area (Å²) in [5, 5.41) is 4.13. The fourth-order valence-corrected chi connectivity index (χ4v) is 1.71. The maximum atomic E-state index is 11.8. The van der Waals surface area contributed by atoms with Crippen LogP contribution >= 0.6 is 0 Å². The number of nitrogens with zero attached hydrogens (tertiary/aromatic N) is 2. The number of carbonyl (C=O) groups excluding carboxylic acids is 1. The van der Waals surface area contributed by atoms with Gasteiger partial charge in [-0.2, -0.15) is 5.10 Å². The minimum absolute atomic E-state index is 0.0319. The zero-order valence-electron chi connectivity index (χ0n) is 10.7. The first-order valence-corrected chi connectivity index (χ1v) is 5.69. The predicted octanol–water partition coefficient (Wildman–Crippen LogP) is 0.359. The second-order valence-corrected chi connectivity index (χ2v) is 4.21. The fraction of sp³-hybridized carbons (Fsp3) is 0.154. The van der Waals surface area contributed by atoms with E-state index in [1.165, 1.54) is 13.1 Å². The average molecular weight is 258 g/mol. The van der Waals surface area contributed by atoms with Crippen LogP contribution in [0.5, 0.6) is 0 Å². The number of carbonyl (C=O) groups is 1. The Morgan fingerprint density at radius 3 is 2.53 bits per heavy atom. The molecule has 0 radical (unpaired) electrons. The Morgan fingerprint density at radius 1 is 1.32 bits per heavy atom. The van der Waals surface area contributed by atoms with Crippen molar-refractivity contribution in [2.24, 2.45) is 12.9 Å². The maximum Gasteiger partial charge on any atom is 0.279 e. The first-order valence-electron chi connectivity index (χ1n) is 5.69. The number of hydrogen-bond acceptors (Lipinski definition) is 4. The molecule has 0 aliphatic rings. The number of benzene rings is 1. The summed E-state index contributed by atoms with van der Waals surface area (Å²) in [6.07, 6.45) is 0. The highest BCUT2D eigenvalue weighted by atomic mass is 16.2. The van der Waals surface area contributed by atoms with Gasteiger partial charge in [0, 0.05) is 12.6 Å². The Bertz CT molecular complexity index is 674. The van der Waals surface area contributed by atoms with Crippen molar-refractivity contribution >= 4 is 5.91 Å². The van der Waals surface area contributed by atoms with Crippen LogP contribution in [0.4, 0.5) is 0 Å². The summed E-state index contributed by atoms with van der Waals surface area (Å²) in [5.41, 5.74) is 3.93. The summed E-state index contributed by atoms with van der Waals surface area (Å²) in [5.74, 6) is 4.44. The molecule has 0 saturated heterocycles. The molecule has 0 aliphatic heterocycles. The Balaban J connectivity index is 2.59. The Hall–Kier alpha value is -2.47. The molecule has 1 aromatic carbocycles. The fourth-order valence-electron chi connectivity index (χ4n) is 1.71. The zero-order valence-corrected chi connectivity index (χ0v) is 10.7. The van der Waals surface area contributed by atoms with Crippen LogP contribution in [0.1, 0.15) is 15.9 Å². The Labute approximate surface area is 109 Å². The van der Waals surface area contributed by atoms with Gasteiger partial charge in [-0.3, -0.25) is 15.0 Å². The molecule has 6 heteroatoms. The largest absolute Gasteiger partial charge is 0.290 e. The maximum absolute atomic E-state index is 11.8. The molecular formula is C13H14N4O2. The van der Waals surface area contributed by atoms with Crippen LogP contribution in [0.25, 0.3) is 11.3 Å². The number of nitrogen functional groups attached to an aromatic ring is 1. The number of aryl methyl sites for hydroxylation is 2. The molecule has 2 rings (SSSR count). The van der Waals surface area contributed by atoms with Gasteiger partial charge in [-0.25, -0.2) is 10.5 Å². The lowest BCUT2D eigenvalue weighted by molar-refractivity contribution is 0.0951. The van der Waals surface area contributed by atoms with E-state index in [0.717, 1.165) is 15.8 Å². The normalized spacial score (nSPS) is 10.3.